The molecule has 6 nitrogen and oxygen atoms in total. The Morgan fingerprint density at radius 3 is 2.76 bits per heavy atom. The summed E-state index contributed by atoms with van der Waals surface area (Å²) in [5.74, 6) is -0.353. The zero-order valence-electron chi connectivity index (χ0n) is 11.5. The zero-order valence-corrected chi connectivity index (χ0v) is 11.5. The second kappa shape index (κ2) is 5.95. The summed E-state index contributed by atoms with van der Waals surface area (Å²) in [6.45, 7) is 2.58. The van der Waals surface area contributed by atoms with Gasteiger partial charge in [0.25, 0.3) is 5.69 Å². The molecule has 0 bridgehead atoms. The van der Waals surface area contributed by atoms with Gasteiger partial charge in [-0.15, -0.1) is 0 Å². The van der Waals surface area contributed by atoms with Gasteiger partial charge in [0, 0.05) is 25.1 Å². The van der Waals surface area contributed by atoms with E-state index in [1.165, 1.54) is 12.1 Å². The fourth-order valence-corrected chi connectivity index (χ4v) is 2.97. The highest BCUT2D eigenvalue weighted by Crippen LogP contribution is 2.31. The Morgan fingerprint density at radius 1 is 1.33 bits per heavy atom. The number of anilines is 1. The van der Waals surface area contributed by atoms with E-state index in [-0.39, 0.29) is 17.9 Å². The minimum Gasteiger partial charge on any atom is -0.369 e. The van der Waals surface area contributed by atoms with Crippen molar-refractivity contribution in [2.24, 2.45) is 5.92 Å². The molecule has 0 aliphatic carbocycles. The number of benzene rings is 1. The van der Waals surface area contributed by atoms with Crippen LogP contribution in [0.5, 0.6) is 0 Å². The van der Waals surface area contributed by atoms with E-state index in [9.17, 15) is 14.5 Å². The number of nitro groups is 1. The van der Waals surface area contributed by atoms with E-state index >= 15 is 0 Å². The molecule has 7 heteroatoms. The number of hydrogen-bond acceptors (Lipinski definition) is 5. The van der Waals surface area contributed by atoms with Crippen molar-refractivity contribution in [2.45, 2.75) is 19.1 Å². The highest BCUT2D eigenvalue weighted by atomic mass is 19.1. The molecule has 114 valence electrons. The molecule has 2 fully saturated rings. The number of piperidine rings is 1. The quantitative estimate of drug-likeness (QED) is 0.632. The van der Waals surface area contributed by atoms with E-state index in [0.717, 1.165) is 25.5 Å². The molecule has 0 amide bonds. The van der Waals surface area contributed by atoms with Crippen molar-refractivity contribution in [3.8, 4) is 0 Å². The Balaban J connectivity index is 1.75. The van der Waals surface area contributed by atoms with E-state index in [2.05, 4.69) is 0 Å². The third-order valence-electron chi connectivity index (χ3n) is 3.97. The largest absolute Gasteiger partial charge is 0.369 e. The fraction of sp³-hybridized carbons (Fsp3) is 0.571. The molecule has 21 heavy (non-hydrogen) atoms. The van der Waals surface area contributed by atoms with Crippen LogP contribution >= 0.6 is 0 Å². The van der Waals surface area contributed by atoms with Crippen molar-refractivity contribution in [1.82, 2.24) is 0 Å². The smallest absolute Gasteiger partial charge is 0.272 e. The number of halogens is 1. The number of non-ortho nitro benzene ring substituents is 1. The normalized spacial score (nSPS) is 23.5. The van der Waals surface area contributed by atoms with E-state index in [1.54, 1.807) is 0 Å². The monoisotopic (exact) mass is 296 g/mol. The van der Waals surface area contributed by atoms with Crippen molar-refractivity contribution in [3.63, 3.8) is 0 Å². The van der Waals surface area contributed by atoms with Gasteiger partial charge in [0.05, 0.1) is 29.9 Å². The highest BCUT2D eigenvalue weighted by Gasteiger charge is 2.32. The predicted octanol–water partition coefficient (Wildman–Crippen LogP) is 2.32. The molecule has 1 atom stereocenters. The summed E-state index contributed by atoms with van der Waals surface area (Å²) in [4.78, 5) is 12.0. The first kappa shape index (κ1) is 14.2. The summed E-state index contributed by atoms with van der Waals surface area (Å²) >= 11 is 0. The Bertz CT molecular complexity index is 534. The van der Waals surface area contributed by atoms with Crippen molar-refractivity contribution in [3.05, 3.63) is 34.1 Å². The van der Waals surface area contributed by atoms with Crippen LogP contribution in [0.3, 0.4) is 0 Å². The van der Waals surface area contributed by atoms with Crippen molar-refractivity contribution < 1.29 is 18.8 Å². The summed E-state index contributed by atoms with van der Waals surface area (Å²) in [6, 6.07) is 3.79. The maximum atomic E-state index is 14.1. The van der Waals surface area contributed by atoms with Crippen LogP contribution in [0.1, 0.15) is 12.8 Å². The second-order valence-corrected chi connectivity index (χ2v) is 5.35. The van der Waals surface area contributed by atoms with Gasteiger partial charge in [-0.3, -0.25) is 10.1 Å². The molecule has 1 aromatic carbocycles. The van der Waals surface area contributed by atoms with Gasteiger partial charge in [0.2, 0.25) is 0 Å². The molecular weight excluding hydrogens is 279 g/mol. The lowest BCUT2D eigenvalue weighted by molar-refractivity contribution is -0.385. The third-order valence-corrected chi connectivity index (χ3v) is 3.97. The van der Waals surface area contributed by atoms with Gasteiger partial charge < -0.3 is 14.4 Å². The lowest BCUT2D eigenvalue weighted by Crippen LogP contribution is -2.41. The minimum absolute atomic E-state index is 0.204. The van der Waals surface area contributed by atoms with E-state index in [0.29, 0.717) is 25.4 Å². The van der Waals surface area contributed by atoms with Crippen LogP contribution in [-0.2, 0) is 9.47 Å². The van der Waals surface area contributed by atoms with Gasteiger partial charge >= 0.3 is 0 Å². The zero-order chi connectivity index (χ0) is 14.8. The molecule has 0 saturated carbocycles. The first-order valence-electron chi connectivity index (χ1n) is 7.07. The number of nitro benzene ring substituents is 1. The van der Waals surface area contributed by atoms with Gasteiger partial charge in [0.1, 0.15) is 0 Å². The summed E-state index contributed by atoms with van der Waals surface area (Å²) < 4.78 is 25.1. The third kappa shape index (κ3) is 2.98. The number of ether oxygens (including phenoxy) is 2. The number of nitrogens with zero attached hydrogens (tertiary/aromatic N) is 2. The Hall–Kier alpha value is -1.73. The molecule has 0 spiro atoms. The van der Waals surface area contributed by atoms with Crippen LogP contribution in [0, 0.1) is 21.8 Å². The van der Waals surface area contributed by atoms with Gasteiger partial charge in [-0.1, -0.05) is 0 Å². The first-order valence-corrected chi connectivity index (χ1v) is 7.07. The molecule has 0 radical (unpaired) electrons. The molecule has 1 aromatic rings. The number of hydrogen-bond donors (Lipinski definition) is 0. The SMILES string of the molecule is O=[N+]([O-])c1ccc(N2CCC[C@@H](C3OCCO3)C2)c(F)c1. The summed E-state index contributed by atoms with van der Waals surface area (Å²) in [5.41, 5.74) is 0.176. The molecule has 2 aliphatic heterocycles. The molecule has 3 rings (SSSR count). The maximum Gasteiger partial charge on any atom is 0.272 e. The van der Waals surface area contributed by atoms with E-state index in [4.69, 9.17) is 9.47 Å². The minimum atomic E-state index is -0.591. The Morgan fingerprint density at radius 2 is 2.10 bits per heavy atom. The molecule has 0 unspecified atom stereocenters. The van der Waals surface area contributed by atoms with Gasteiger partial charge in [-0.05, 0) is 18.9 Å². The van der Waals surface area contributed by atoms with Crippen molar-refractivity contribution in [1.29, 1.82) is 0 Å². The van der Waals surface area contributed by atoms with E-state index < -0.39 is 10.7 Å². The average Bonchev–Trinajstić information content (AvgIpc) is 3.01. The summed E-state index contributed by atoms with van der Waals surface area (Å²) in [7, 11) is 0. The molecule has 0 aromatic heterocycles. The Labute approximate surface area is 121 Å². The van der Waals surface area contributed by atoms with Crippen molar-refractivity contribution >= 4 is 11.4 Å². The molecule has 0 N–H and O–H groups in total. The van der Waals surface area contributed by atoms with Crippen LogP contribution in [0.4, 0.5) is 15.8 Å². The Kier molecular flexibility index (Phi) is 4.03. The highest BCUT2D eigenvalue weighted by molar-refractivity contribution is 5.52. The molecular formula is C14H17FN2O4. The van der Waals surface area contributed by atoms with Gasteiger partial charge in [-0.2, -0.15) is 0 Å². The van der Waals surface area contributed by atoms with Gasteiger partial charge in [-0.25, -0.2) is 4.39 Å². The van der Waals surface area contributed by atoms with Crippen LogP contribution in [0.15, 0.2) is 18.2 Å². The standard InChI is InChI=1S/C14H17FN2O4/c15-12-8-11(17(18)19)3-4-13(12)16-5-1-2-10(9-16)14-20-6-7-21-14/h3-4,8,10,14H,1-2,5-7,9H2/t10-/m1/s1. The topological polar surface area (TPSA) is 64.8 Å². The van der Waals surface area contributed by atoms with Crippen LogP contribution < -0.4 is 4.90 Å². The molecule has 2 heterocycles. The lowest BCUT2D eigenvalue weighted by atomic mass is 9.97. The van der Waals surface area contributed by atoms with Crippen LogP contribution in [-0.4, -0.2) is 37.5 Å². The summed E-state index contributed by atoms with van der Waals surface area (Å²) in [6.07, 6.45) is 1.69. The second-order valence-electron chi connectivity index (χ2n) is 5.35. The lowest BCUT2D eigenvalue weighted by Gasteiger charge is -2.36. The molecule has 2 aliphatic rings. The van der Waals surface area contributed by atoms with Crippen LogP contribution in [0.25, 0.3) is 0 Å². The molecule has 2 saturated heterocycles. The summed E-state index contributed by atoms with van der Waals surface area (Å²) in [5, 5.41) is 10.7. The van der Waals surface area contributed by atoms with Crippen molar-refractivity contribution in [2.75, 3.05) is 31.2 Å². The maximum absolute atomic E-state index is 14.1. The number of rotatable bonds is 3. The first-order chi connectivity index (χ1) is 10.1. The van der Waals surface area contributed by atoms with E-state index in [1.807, 2.05) is 4.90 Å². The fourth-order valence-electron chi connectivity index (χ4n) is 2.97. The van der Waals surface area contributed by atoms with Crippen LogP contribution in [0.2, 0.25) is 0 Å². The average molecular weight is 296 g/mol. The van der Waals surface area contributed by atoms with Gasteiger partial charge in [0.15, 0.2) is 12.1 Å². The predicted molar refractivity (Wildman–Crippen MR) is 73.7 cm³/mol.